The van der Waals surface area contributed by atoms with Gasteiger partial charge in [0, 0.05) is 19.2 Å². The average Bonchev–Trinajstić information content (AvgIpc) is 3.14. The maximum Gasteiger partial charge on any atom is 0.266 e. The van der Waals surface area contributed by atoms with E-state index in [9.17, 15) is 18.0 Å². The van der Waals surface area contributed by atoms with Gasteiger partial charge < -0.3 is 9.64 Å². The zero-order chi connectivity index (χ0) is 21.7. The van der Waals surface area contributed by atoms with Crippen LogP contribution in [0, 0.1) is 17.5 Å². The summed E-state index contributed by atoms with van der Waals surface area (Å²) in [7, 11) is 0. The first-order chi connectivity index (χ1) is 14.4. The monoisotopic (exact) mass is 473 g/mol. The molecule has 168 valence electrons. The Morgan fingerprint density at radius 3 is 2.45 bits per heavy atom. The molecule has 3 aromatic rings. The maximum atomic E-state index is 14.1. The highest BCUT2D eigenvalue weighted by Crippen LogP contribution is 2.31. The van der Waals surface area contributed by atoms with Crippen molar-refractivity contribution in [2.24, 2.45) is 0 Å². The van der Waals surface area contributed by atoms with Crippen LogP contribution >= 0.6 is 23.7 Å². The Hall–Kier alpha value is -2.36. The number of rotatable bonds is 9. The van der Waals surface area contributed by atoms with E-state index in [1.165, 1.54) is 29.2 Å². The molecule has 1 amide bonds. The van der Waals surface area contributed by atoms with Crippen molar-refractivity contribution in [2.75, 3.05) is 37.7 Å². The summed E-state index contributed by atoms with van der Waals surface area (Å²) >= 11 is 1.02. The SMILES string of the molecule is CCN(CC)CCN(C(=O)COc1ccccc1F)c1nc2c(F)cc(F)cc2s1.Cl. The number of ether oxygens (including phenoxy) is 1. The molecule has 0 spiro atoms. The molecule has 3 rings (SSSR count). The molecule has 10 heteroatoms. The van der Waals surface area contributed by atoms with Gasteiger partial charge in [0.1, 0.15) is 11.3 Å². The molecular weight excluding hydrogens is 451 g/mol. The van der Waals surface area contributed by atoms with Gasteiger partial charge >= 0.3 is 0 Å². The fourth-order valence-electron chi connectivity index (χ4n) is 2.95. The molecule has 0 unspecified atom stereocenters. The number of benzene rings is 2. The Morgan fingerprint density at radius 1 is 1.06 bits per heavy atom. The summed E-state index contributed by atoms with van der Waals surface area (Å²) in [5, 5.41) is 0.240. The van der Waals surface area contributed by atoms with Crippen LogP contribution in [-0.2, 0) is 4.79 Å². The molecule has 0 aliphatic heterocycles. The van der Waals surface area contributed by atoms with Crippen molar-refractivity contribution in [3.8, 4) is 5.75 Å². The fourth-order valence-corrected chi connectivity index (χ4v) is 4.00. The van der Waals surface area contributed by atoms with Gasteiger partial charge in [-0.2, -0.15) is 0 Å². The van der Waals surface area contributed by atoms with Crippen LogP contribution in [0.15, 0.2) is 36.4 Å². The van der Waals surface area contributed by atoms with Crippen molar-refractivity contribution >= 4 is 45.0 Å². The molecule has 2 aromatic carbocycles. The molecule has 0 fully saturated rings. The average molecular weight is 474 g/mol. The van der Waals surface area contributed by atoms with Gasteiger partial charge in [0.2, 0.25) is 0 Å². The van der Waals surface area contributed by atoms with Gasteiger partial charge in [-0.15, -0.1) is 12.4 Å². The number of fused-ring (bicyclic) bond motifs is 1. The van der Waals surface area contributed by atoms with E-state index in [2.05, 4.69) is 9.88 Å². The molecule has 0 saturated carbocycles. The number of carbonyl (C=O) groups is 1. The third-order valence-electron chi connectivity index (χ3n) is 4.66. The van der Waals surface area contributed by atoms with Crippen LogP contribution in [0.1, 0.15) is 13.8 Å². The minimum atomic E-state index is -0.786. The van der Waals surface area contributed by atoms with E-state index < -0.39 is 30.0 Å². The number of hydrogen-bond acceptors (Lipinski definition) is 5. The van der Waals surface area contributed by atoms with E-state index in [1.54, 1.807) is 6.07 Å². The lowest BCUT2D eigenvalue weighted by Crippen LogP contribution is -2.41. The summed E-state index contributed by atoms with van der Waals surface area (Å²) in [6, 6.07) is 7.74. The fraction of sp³-hybridized carbons (Fsp3) is 0.333. The third kappa shape index (κ3) is 6.09. The second-order valence-corrected chi connectivity index (χ2v) is 7.53. The van der Waals surface area contributed by atoms with Crippen molar-refractivity contribution in [1.82, 2.24) is 9.88 Å². The lowest BCUT2D eigenvalue weighted by Gasteiger charge is -2.24. The second kappa shape index (κ2) is 11.3. The Balaban J connectivity index is 0.00000341. The van der Waals surface area contributed by atoms with Gasteiger partial charge in [0.05, 0.1) is 4.70 Å². The first-order valence-electron chi connectivity index (χ1n) is 9.58. The van der Waals surface area contributed by atoms with Crippen LogP contribution in [-0.4, -0.2) is 48.6 Å². The number of aromatic nitrogens is 1. The Kier molecular flexibility index (Phi) is 9.09. The van der Waals surface area contributed by atoms with Crippen molar-refractivity contribution in [1.29, 1.82) is 0 Å². The molecule has 1 aromatic heterocycles. The minimum absolute atomic E-state index is 0. The quantitative estimate of drug-likeness (QED) is 0.444. The predicted molar refractivity (Wildman–Crippen MR) is 119 cm³/mol. The zero-order valence-electron chi connectivity index (χ0n) is 17.1. The van der Waals surface area contributed by atoms with Crippen LogP contribution in [0.2, 0.25) is 0 Å². The van der Waals surface area contributed by atoms with Gasteiger partial charge in [-0.3, -0.25) is 9.69 Å². The Bertz CT molecular complexity index is 1030. The van der Waals surface area contributed by atoms with E-state index in [-0.39, 0.29) is 35.3 Å². The van der Waals surface area contributed by atoms with Gasteiger partial charge in [-0.25, -0.2) is 18.2 Å². The molecule has 0 aliphatic rings. The summed E-state index contributed by atoms with van der Waals surface area (Å²) in [4.78, 5) is 20.6. The lowest BCUT2D eigenvalue weighted by atomic mass is 10.3. The Morgan fingerprint density at radius 2 is 1.77 bits per heavy atom. The second-order valence-electron chi connectivity index (χ2n) is 6.52. The van der Waals surface area contributed by atoms with Gasteiger partial charge in [-0.1, -0.05) is 37.3 Å². The minimum Gasteiger partial charge on any atom is -0.481 e. The van der Waals surface area contributed by atoms with E-state index in [0.717, 1.165) is 30.5 Å². The smallest absolute Gasteiger partial charge is 0.266 e. The number of likely N-dealkylation sites (N-methyl/N-ethyl adjacent to an activating group) is 1. The molecule has 0 N–H and O–H groups in total. The van der Waals surface area contributed by atoms with Crippen LogP contribution in [0.3, 0.4) is 0 Å². The molecule has 0 bridgehead atoms. The summed E-state index contributed by atoms with van der Waals surface area (Å²) in [5.74, 6) is -2.56. The number of nitrogens with zero attached hydrogens (tertiary/aromatic N) is 3. The number of thiazole rings is 1. The van der Waals surface area contributed by atoms with Crippen LogP contribution in [0.4, 0.5) is 18.3 Å². The van der Waals surface area contributed by atoms with Gasteiger partial charge in [-0.05, 0) is 31.3 Å². The standard InChI is InChI=1S/C21H22F3N3O2S.ClH/c1-3-26(4-2)9-10-27(19(28)13-29-17-8-6-5-7-15(17)23)21-25-20-16(24)11-14(22)12-18(20)30-21;/h5-8,11-12H,3-4,9-10,13H2,1-2H3;1H. The van der Waals surface area contributed by atoms with E-state index in [0.29, 0.717) is 11.2 Å². The summed E-state index contributed by atoms with van der Waals surface area (Å²) in [5.41, 5.74) is 0.00654. The molecule has 0 saturated heterocycles. The van der Waals surface area contributed by atoms with Gasteiger partial charge in [0.15, 0.2) is 29.1 Å². The molecule has 0 radical (unpaired) electrons. The van der Waals surface area contributed by atoms with Crippen molar-refractivity contribution < 1.29 is 22.7 Å². The topological polar surface area (TPSA) is 45.7 Å². The zero-order valence-corrected chi connectivity index (χ0v) is 18.7. The highest BCUT2D eigenvalue weighted by Gasteiger charge is 2.22. The molecule has 5 nitrogen and oxygen atoms in total. The van der Waals surface area contributed by atoms with E-state index in [4.69, 9.17) is 4.74 Å². The normalized spacial score (nSPS) is 10.9. The highest BCUT2D eigenvalue weighted by molar-refractivity contribution is 7.22. The predicted octanol–water partition coefficient (Wildman–Crippen LogP) is 4.89. The van der Waals surface area contributed by atoms with Crippen LogP contribution in [0.5, 0.6) is 5.75 Å². The summed E-state index contributed by atoms with van der Waals surface area (Å²) in [6.45, 7) is 6.04. The van der Waals surface area contributed by atoms with Crippen molar-refractivity contribution in [3.63, 3.8) is 0 Å². The summed E-state index contributed by atoms with van der Waals surface area (Å²) in [6.07, 6.45) is 0. The number of para-hydroxylation sites is 1. The molecule has 0 aliphatic carbocycles. The number of anilines is 1. The molecule has 1 heterocycles. The van der Waals surface area contributed by atoms with E-state index in [1.807, 2.05) is 13.8 Å². The van der Waals surface area contributed by atoms with Crippen molar-refractivity contribution in [3.05, 3.63) is 53.8 Å². The van der Waals surface area contributed by atoms with Crippen LogP contribution < -0.4 is 9.64 Å². The van der Waals surface area contributed by atoms with Crippen molar-refractivity contribution in [2.45, 2.75) is 13.8 Å². The maximum absolute atomic E-state index is 14.1. The largest absolute Gasteiger partial charge is 0.481 e. The first-order valence-corrected chi connectivity index (χ1v) is 10.4. The number of hydrogen-bond donors (Lipinski definition) is 0. The van der Waals surface area contributed by atoms with Crippen LogP contribution in [0.25, 0.3) is 10.2 Å². The van der Waals surface area contributed by atoms with Gasteiger partial charge in [0.25, 0.3) is 5.91 Å². The molecule has 0 atom stereocenters. The molecular formula is C21H23ClF3N3O2S. The lowest BCUT2D eigenvalue weighted by molar-refractivity contribution is -0.120. The van der Waals surface area contributed by atoms with E-state index >= 15 is 0 Å². The number of carbonyl (C=O) groups excluding carboxylic acids is 1. The highest BCUT2D eigenvalue weighted by atomic mass is 35.5. The molecule has 31 heavy (non-hydrogen) atoms. The third-order valence-corrected chi connectivity index (χ3v) is 5.68. The number of amides is 1. The summed E-state index contributed by atoms with van der Waals surface area (Å²) < 4.78 is 47.1. The first kappa shape index (κ1) is 24.9. The number of halogens is 4. The Labute approximate surface area is 188 Å².